The van der Waals surface area contributed by atoms with Crippen molar-refractivity contribution in [3.05, 3.63) is 71.3 Å². The van der Waals surface area contributed by atoms with Crippen molar-refractivity contribution in [2.75, 3.05) is 19.7 Å². The summed E-state index contributed by atoms with van der Waals surface area (Å²) < 4.78 is 5.70. The number of nitrogens with zero attached hydrogens (tertiary/aromatic N) is 1. The van der Waals surface area contributed by atoms with Crippen molar-refractivity contribution in [1.82, 2.24) is 4.90 Å². The summed E-state index contributed by atoms with van der Waals surface area (Å²) in [4.78, 5) is 14.1. The van der Waals surface area contributed by atoms with Gasteiger partial charge in [-0.15, -0.1) is 0 Å². The highest BCUT2D eigenvalue weighted by molar-refractivity contribution is 6.30. The Hall–Kier alpha value is -2.30. The van der Waals surface area contributed by atoms with Gasteiger partial charge in [0.25, 0.3) is 0 Å². The monoisotopic (exact) mass is 371 g/mol. The minimum Gasteiger partial charge on any atom is -0.490 e. The number of benzene rings is 2. The fraction of sp³-hybridized carbons (Fsp3) is 0.286. The third kappa shape index (κ3) is 5.10. The number of hydrogen-bond acceptors (Lipinski definition) is 3. The fourth-order valence-electron chi connectivity index (χ4n) is 3.03. The lowest BCUT2D eigenvalue weighted by Gasteiger charge is -2.38. The molecule has 1 N–H and O–H groups in total. The molecule has 2 aromatic carbocycles. The second-order valence-electron chi connectivity index (χ2n) is 6.58. The van der Waals surface area contributed by atoms with Crippen molar-refractivity contribution < 1.29 is 14.6 Å². The van der Waals surface area contributed by atoms with Gasteiger partial charge < -0.3 is 14.7 Å². The summed E-state index contributed by atoms with van der Waals surface area (Å²) in [5.74, 6) is 0.507. The lowest BCUT2D eigenvalue weighted by atomic mass is 9.93. The van der Waals surface area contributed by atoms with Gasteiger partial charge in [-0.25, -0.2) is 0 Å². The van der Waals surface area contributed by atoms with Gasteiger partial charge in [-0.1, -0.05) is 48.0 Å². The standard InChI is InChI=1S/C21H22ClNO3/c22-18-8-4-9-19(14-18)26-16-21(25)12-5-13-23(15-21)20(24)11-10-17-6-2-1-3-7-17/h1-4,6-11,14,25H,5,12-13,15-16H2/b11-10+. The van der Waals surface area contributed by atoms with Crippen LogP contribution in [-0.2, 0) is 4.79 Å². The molecule has 0 bridgehead atoms. The maximum Gasteiger partial charge on any atom is 0.246 e. The first-order valence-corrected chi connectivity index (χ1v) is 9.05. The number of ether oxygens (including phenoxy) is 1. The number of rotatable bonds is 5. The van der Waals surface area contributed by atoms with Gasteiger partial charge in [0.15, 0.2) is 0 Å². The van der Waals surface area contributed by atoms with Crippen LogP contribution in [0, 0.1) is 0 Å². The zero-order valence-electron chi connectivity index (χ0n) is 14.5. The van der Waals surface area contributed by atoms with E-state index in [2.05, 4.69) is 0 Å². The molecule has 1 amide bonds. The first-order valence-electron chi connectivity index (χ1n) is 8.67. The highest BCUT2D eigenvalue weighted by Crippen LogP contribution is 2.24. The van der Waals surface area contributed by atoms with E-state index in [4.69, 9.17) is 16.3 Å². The Kier molecular flexibility index (Phi) is 5.96. The Labute approximate surface area is 158 Å². The van der Waals surface area contributed by atoms with Gasteiger partial charge in [-0.2, -0.15) is 0 Å². The summed E-state index contributed by atoms with van der Waals surface area (Å²) in [6.45, 7) is 1.02. The average Bonchev–Trinajstić information content (AvgIpc) is 2.65. The average molecular weight is 372 g/mol. The minimum atomic E-state index is -1.06. The molecular formula is C21H22ClNO3. The molecule has 0 aliphatic carbocycles. The molecule has 1 aliphatic rings. The van der Waals surface area contributed by atoms with Crippen molar-refractivity contribution in [2.24, 2.45) is 0 Å². The summed E-state index contributed by atoms with van der Waals surface area (Å²) in [6, 6.07) is 16.7. The van der Waals surface area contributed by atoms with E-state index in [-0.39, 0.29) is 19.1 Å². The number of aliphatic hydroxyl groups is 1. The Balaban J connectivity index is 1.58. The normalized spacial score (nSPS) is 20.3. The van der Waals surface area contributed by atoms with Crippen LogP contribution in [0.15, 0.2) is 60.7 Å². The van der Waals surface area contributed by atoms with E-state index in [0.717, 1.165) is 12.0 Å². The molecule has 5 heteroatoms. The van der Waals surface area contributed by atoms with E-state index >= 15 is 0 Å². The predicted octanol–water partition coefficient (Wildman–Crippen LogP) is 3.79. The number of likely N-dealkylation sites (tertiary alicyclic amines) is 1. The van der Waals surface area contributed by atoms with Crippen LogP contribution in [0.25, 0.3) is 6.08 Å². The molecule has 0 radical (unpaired) electrons. The molecule has 3 rings (SSSR count). The summed E-state index contributed by atoms with van der Waals surface area (Å²) in [6.07, 6.45) is 4.68. The molecule has 26 heavy (non-hydrogen) atoms. The molecular weight excluding hydrogens is 350 g/mol. The molecule has 1 atom stereocenters. The zero-order valence-corrected chi connectivity index (χ0v) is 15.2. The summed E-state index contributed by atoms with van der Waals surface area (Å²) >= 11 is 5.95. The highest BCUT2D eigenvalue weighted by Gasteiger charge is 2.35. The molecule has 136 valence electrons. The van der Waals surface area contributed by atoms with Crippen LogP contribution in [0.1, 0.15) is 18.4 Å². The molecule has 0 aromatic heterocycles. The second-order valence-corrected chi connectivity index (χ2v) is 7.01. The van der Waals surface area contributed by atoms with Crippen LogP contribution in [0.4, 0.5) is 0 Å². The predicted molar refractivity (Wildman–Crippen MR) is 103 cm³/mol. The van der Waals surface area contributed by atoms with Gasteiger partial charge in [-0.3, -0.25) is 4.79 Å². The SMILES string of the molecule is O=C(/C=C/c1ccccc1)N1CCCC(O)(COc2cccc(Cl)c2)C1. The Morgan fingerprint density at radius 1 is 1.23 bits per heavy atom. The molecule has 1 unspecified atom stereocenters. The number of hydrogen-bond donors (Lipinski definition) is 1. The smallest absolute Gasteiger partial charge is 0.246 e. The van der Waals surface area contributed by atoms with Crippen molar-refractivity contribution >= 4 is 23.6 Å². The largest absolute Gasteiger partial charge is 0.490 e. The van der Waals surface area contributed by atoms with Gasteiger partial charge in [-0.05, 0) is 42.7 Å². The number of carbonyl (C=O) groups is 1. The number of amides is 1. The van der Waals surface area contributed by atoms with Crippen LogP contribution in [0.2, 0.25) is 5.02 Å². The van der Waals surface area contributed by atoms with Crippen LogP contribution >= 0.6 is 11.6 Å². The maximum absolute atomic E-state index is 12.4. The van der Waals surface area contributed by atoms with E-state index in [1.165, 1.54) is 0 Å². The van der Waals surface area contributed by atoms with Gasteiger partial charge in [0, 0.05) is 17.6 Å². The molecule has 0 spiro atoms. The van der Waals surface area contributed by atoms with Gasteiger partial charge in [0.05, 0.1) is 6.54 Å². The summed E-state index contributed by atoms with van der Waals surface area (Å²) in [5.41, 5.74) is -0.0889. The third-order valence-corrected chi connectivity index (χ3v) is 4.62. The Bertz CT molecular complexity index is 778. The lowest BCUT2D eigenvalue weighted by Crippen LogP contribution is -2.53. The van der Waals surface area contributed by atoms with E-state index in [0.29, 0.717) is 23.7 Å². The quantitative estimate of drug-likeness (QED) is 0.813. The highest BCUT2D eigenvalue weighted by atomic mass is 35.5. The van der Waals surface area contributed by atoms with E-state index < -0.39 is 5.60 Å². The topological polar surface area (TPSA) is 49.8 Å². The Morgan fingerprint density at radius 3 is 2.81 bits per heavy atom. The first-order chi connectivity index (χ1) is 12.5. The molecule has 1 fully saturated rings. The fourth-order valence-corrected chi connectivity index (χ4v) is 3.21. The van der Waals surface area contributed by atoms with E-state index in [1.807, 2.05) is 30.3 Å². The number of halogens is 1. The number of piperidine rings is 1. The Morgan fingerprint density at radius 2 is 2.04 bits per heavy atom. The first kappa shape index (κ1) is 18.5. The summed E-state index contributed by atoms with van der Waals surface area (Å²) in [7, 11) is 0. The molecule has 1 heterocycles. The van der Waals surface area contributed by atoms with Crippen molar-refractivity contribution in [3.8, 4) is 5.75 Å². The molecule has 2 aromatic rings. The van der Waals surface area contributed by atoms with Gasteiger partial charge in [0.1, 0.15) is 18.0 Å². The lowest BCUT2D eigenvalue weighted by molar-refractivity contribution is -0.134. The number of β-amino-alcohol motifs (C(OH)–C–C–N with tert-alkyl or cyclic N) is 1. The van der Waals surface area contributed by atoms with Crippen LogP contribution in [0.5, 0.6) is 5.75 Å². The molecule has 1 aliphatic heterocycles. The van der Waals surface area contributed by atoms with Gasteiger partial charge >= 0.3 is 0 Å². The van der Waals surface area contributed by atoms with Crippen molar-refractivity contribution in [3.63, 3.8) is 0 Å². The minimum absolute atomic E-state index is 0.102. The van der Waals surface area contributed by atoms with Gasteiger partial charge in [0.2, 0.25) is 5.91 Å². The molecule has 1 saturated heterocycles. The van der Waals surface area contributed by atoms with Crippen LogP contribution in [0.3, 0.4) is 0 Å². The van der Waals surface area contributed by atoms with Crippen LogP contribution in [-0.4, -0.2) is 41.2 Å². The molecule has 4 nitrogen and oxygen atoms in total. The third-order valence-electron chi connectivity index (χ3n) is 4.39. The maximum atomic E-state index is 12.4. The van der Waals surface area contributed by atoms with Crippen molar-refractivity contribution in [2.45, 2.75) is 18.4 Å². The number of carbonyl (C=O) groups excluding carboxylic acids is 1. The molecule has 0 saturated carbocycles. The van der Waals surface area contributed by atoms with E-state index in [1.54, 1.807) is 41.3 Å². The summed E-state index contributed by atoms with van der Waals surface area (Å²) in [5, 5.41) is 11.4. The van der Waals surface area contributed by atoms with Crippen LogP contribution < -0.4 is 4.74 Å². The van der Waals surface area contributed by atoms with Crippen molar-refractivity contribution in [1.29, 1.82) is 0 Å². The zero-order chi connectivity index (χ0) is 18.4. The van der Waals surface area contributed by atoms with E-state index in [9.17, 15) is 9.90 Å². The second kappa shape index (κ2) is 8.39.